The molecule has 1 aliphatic heterocycles. The standard InChI is InChI=1S/C20H30N4O2/c1-14-4-3-5-18(10-14)23-19(25)21-11-16-6-7-24(13-16)20(26)22-12-17-8-15(2)9-17/h3-5,10,15-17H,6-9,11-13H2,1-2H3,(H,22,26)(H2,21,23,25). The first-order chi connectivity index (χ1) is 12.5. The van der Waals surface area contributed by atoms with E-state index in [2.05, 4.69) is 22.9 Å². The normalized spacial score (nSPS) is 24.7. The molecule has 2 fully saturated rings. The van der Waals surface area contributed by atoms with Crippen LogP contribution in [0.4, 0.5) is 15.3 Å². The van der Waals surface area contributed by atoms with Gasteiger partial charge in [0.2, 0.25) is 0 Å². The van der Waals surface area contributed by atoms with Gasteiger partial charge in [-0.1, -0.05) is 19.1 Å². The van der Waals surface area contributed by atoms with Gasteiger partial charge in [0.05, 0.1) is 0 Å². The van der Waals surface area contributed by atoms with Crippen LogP contribution < -0.4 is 16.0 Å². The molecule has 0 bridgehead atoms. The summed E-state index contributed by atoms with van der Waals surface area (Å²) in [5.41, 5.74) is 1.90. The number of anilines is 1. The molecule has 26 heavy (non-hydrogen) atoms. The van der Waals surface area contributed by atoms with E-state index in [0.29, 0.717) is 24.9 Å². The Labute approximate surface area is 155 Å². The van der Waals surface area contributed by atoms with Crippen molar-refractivity contribution in [3.8, 4) is 0 Å². The molecule has 1 unspecified atom stereocenters. The summed E-state index contributed by atoms with van der Waals surface area (Å²) < 4.78 is 0. The molecule has 2 aliphatic rings. The molecule has 1 aromatic rings. The molecule has 0 radical (unpaired) electrons. The maximum absolute atomic E-state index is 12.2. The van der Waals surface area contributed by atoms with Crippen LogP contribution >= 0.6 is 0 Å². The van der Waals surface area contributed by atoms with Crippen LogP contribution in [-0.4, -0.2) is 43.1 Å². The van der Waals surface area contributed by atoms with Gasteiger partial charge >= 0.3 is 12.1 Å². The number of nitrogens with zero attached hydrogens (tertiary/aromatic N) is 1. The average molecular weight is 358 g/mol. The zero-order chi connectivity index (χ0) is 18.5. The van der Waals surface area contributed by atoms with Crippen LogP contribution in [0.3, 0.4) is 0 Å². The van der Waals surface area contributed by atoms with Crippen molar-refractivity contribution in [1.82, 2.24) is 15.5 Å². The first-order valence-electron chi connectivity index (χ1n) is 9.64. The zero-order valence-corrected chi connectivity index (χ0v) is 15.8. The van der Waals surface area contributed by atoms with E-state index in [0.717, 1.165) is 36.7 Å². The van der Waals surface area contributed by atoms with Gasteiger partial charge in [-0.25, -0.2) is 9.59 Å². The third-order valence-electron chi connectivity index (χ3n) is 5.41. The highest BCUT2D eigenvalue weighted by molar-refractivity contribution is 5.89. The summed E-state index contributed by atoms with van der Waals surface area (Å²) in [4.78, 5) is 26.1. The topological polar surface area (TPSA) is 73.5 Å². The first kappa shape index (κ1) is 18.5. The molecular weight excluding hydrogens is 328 g/mol. The molecule has 142 valence electrons. The molecule has 0 spiro atoms. The maximum Gasteiger partial charge on any atom is 0.319 e. The first-order valence-corrected chi connectivity index (χ1v) is 9.64. The van der Waals surface area contributed by atoms with E-state index in [1.54, 1.807) is 0 Å². The van der Waals surface area contributed by atoms with Crippen LogP contribution in [0.1, 0.15) is 31.7 Å². The van der Waals surface area contributed by atoms with E-state index in [4.69, 9.17) is 0 Å². The lowest BCUT2D eigenvalue weighted by Gasteiger charge is -2.33. The monoisotopic (exact) mass is 358 g/mol. The minimum absolute atomic E-state index is 0.0382. The summed E-state index contributed by atoms with van der Waals surface area (Å²) in [6.45, 7) is 7.09. The fraction of sp³-hybridized carbons (Fsp3) is 0.600. The van der Waals surface area contributed by atoms with Crippen molar-refractivity contribution in [2.24, 2.45) is 17.8 Å². The third-order valence-corrected chi connectivity index (χ3v) is 5.41. The van der Waals surface area contributed by atoms with Gasteiger partial charge in [-0.2, -0.15) is 0 Å². The van der Waals surface area contributed by atoms with E-state index in [1.165, 1.54) is 12.8 Å². The van der Waals surface area contributed by atoms with Gasteiger partial charge in [0.25, 0.3) is 0 Å². The molecule has 1 saturated heterocycles. The Hall–Kier alpha value is -2.24. The van der Waals surface area contributed by atoms with Crippen molar-refractivity contribution >= 4 is 17.7 Å². The lowest BCUT2D eigenvalue weighted by molar-refractivity contribution is 0.183. The Morgan fingerprint density at radius 2 is 1.92 bits per heavy atom. The molecule has 6 heteroatoms. The average Bonchev–Trinajstić information content (AvgIpc) is 3.05. The number of benzene rings is 1. The minimum Gasteiger partial charge on any atom is -0.338 e. The Morgan fingerprint density at radius 1 is 1.15 bits per heavy atom. The molecule has 1 aliphatic carbocycles. The molecule has 1 heterocycles. The predicted octanol–water partition coefficient (Wildman–Crippen LogP) is 3.19. The van der Waals surface area contributed by atoms with Crippen molar-refractivity contribution in [2.75, 3.05) is 31.5 Å². The maximum atomic E-state index is 12.2. The van der Waals surface area contributed by atoms with E-state index >= 15 is 0 Å². The molecule has 3 rings (SSSR count). The smallest absolute Gasteiger partial charge is 0.319 e. The number of nitrogens with one attached hydrogen (secondary N) is 3. The number of urea groups is 2. The number of likely N-dealkylation sites (tertiary alicyclic amines) is 1. The largest absolute Gasteiger partial charge is 0.338 e. The second-order valence-corrected chi connectivity index (χ2v) is 7.93. The van der Waals surface area contributed by atoms with Crippen molar-refractivity contribution in [3.63, 3.8) is 0 Å². The van der Waals surface area contributed by atoms with Crippen LogP contribution in [-0.2, 0) is 0 Å². The molecule has 1 aromatic carbocycles. The molecule has 1 atom stereocenters. The summed E-state index contributed by atoms with van der Waals surface area (Å²) >= 11 is 0. The summed E-state index contributed by atoms with van der Waals surface area (Å²) in [5.74, 6) is 1.78. The van der Waals surface area contributed by atoms with E-state index in [9.17, 15) is 9.59 Å². The quantitative estimate of drug-likeness (QED) is 0.756. The Morgan fingerprint density at radius 3 is 2.65 bits per heavy atom. The van der Waals surface area contributed by atoms with Crippen LogP contribution in [0, 0.1) is 24.7 Å². The molecular formula is C20H30N4O2. The van der Waals surface area contributed by atoms with E-state index < -0.39 is 0 Å². The fourth-order valence-corrected chi connectivity index (χ4v) is 3.90. The predicted molar refractivity (Wildman–Crippen MR) is 103 cm³/mol. The lowest BCUT2D eigenvalue weighted by atomic mass is 9.76. The number of hydrogen-bond acceptors (Lipinski definition) is 2. The van der Waals surface area contributed by atoms with Gasteiger partial charge in [-0.05, 0) is 61.6 Å². The number of aryl methyl sites for hydroxylation is 1. The Bertz CT molecular complexity index is 642. The number of rotatable bonds is 5. The number of carbonyl (C=O) groups is 2. The second kappa shape index (κ2) is 8.43. The number of amides is 4. The minimum atomic E-state index is -0.197. The summed E-state index contributed by atoms with van der Waals surface area (Å²) in [6, 6.07) is 7.56. The highest BCUT2D eigenvalue weighted by Gasteiger charge is 2.29. The second-order valence-electron chi connectivity index (χ2n) is 7.93. The molecule has 6 nitrogen and oxygen atoms in total. The SMILES string of the molecule is Cc1cccc(NC(=O)NCC2CCN(C(=O)NCC3CC(C)C3)C2)c1. The molecule has 0 aromatic heterocycles. The summed E-state index contributed by atoms with van der Waals surface area (Å²) in [6.07, 6.45) is 3.38. The van der Waals surface area contributed by atoms with Crippen LogP contribution in [0.15, 0.2) is 24.3 Å². The zero-order valence-electron chi connectivity index (χ0n) is 15.8. The molecule has 3 N–H and O–H groups in total. The van der Waals surface area contributed by atoms with Crippen LogP contribution in [0.5, 0.6) is 0 Å². The van der Waals surface area contributed by atoms with Crippen LogP contribution in [0.25, 0.3) is 0 Å². The van der Waals surface area contributed by atoms with Crippen molar-refractivity contribution in [3.05, 3.63) is 29.8 Å². The molecule has 4 amide bonds. The lowest BCUT2D eigenvalue weighted by Crippen LogP contribution is -2.43. The van der Waals surface area contributed by atoms with Gasteiger partial charge in [0, 0.05) is 31.9 Å². The summed E-state index contributed by atoms with van der Waals surface area (Å²) in [5, 5.41) is 8.82. The fourth-order valence-electron chi connectivity index (χ4n) is 3.90. The summed E-state index contributed by atoms with van der Waals surface area (Å²) in [7, 11) is 0. The highest BCUT2D eigenvalue weighted by Crippen LogP contribution is 2.32. The third kappa shape index (κ3) is 5.13. The van der Waals surface area contributed by atoms with Gasteiger partial charge in [-0.15, -0.1) is 0 Å². The van der Waals surface area contributed by atoms with Crippen LogP contribution in [0.2, 0.25) is 0 Å². The molecule has 1 saturated carbocycles. The van der Waals surface area contributed by atoms with Crippen molar-refractivity contribution in [2.45, 2.75) is 33.1 Å². The number of hydrogen-bond donors (Lipinski definition) is 3. The van der Waals surface area contributed by atoms with Gasteiger partial charge in [0.1, 0.15) is 0 Å². The van der Waals surface area contributed by atoms with Gasteiger partial charge < -0.3 is 20.9 Å². The van der Waals surface area contributed by atoms with Gasteiger partial charge in [-0.3, -0.25) is 0 Å². The van der Waals surface area contributed by atoms with Gasteiger partial charge in [0.15, 0.2) is 0 Å². The highest BCUT2D eigenvalue weighted by atomic mass is 16.2. The number of carbonyl (C=O) groups excluding carboxylic acids is 2. The van der Waals surface area contributed by atoms with E-state index in [1.807, 2.05) is 36.1 Å². The Kier molecular flexibility index (Phi) is 6.01. The van der Waals surface area contributed by atoms with Crippen molar-refractivity contribution in [1.29, 1.82) is 0 Å². The van der Waals surface area contributed by atoms with E-state index in [-0.39, 0.29) is 12.1 Å². The van der Waals surface area contributed by atoms with Crippen molar-refractivity contribution < 1.29 is 9.59 Å². The Balaban J connectivity index is 1.33.